The highest BCUT2D eigenvalue weighted by Crippen LogP contribution is 2.23. The van der Waals surface area contributed by atoms with Gasteiger partial charge < -0.3 is 14.6 Å². The standard InChI is InChI=1S/C22H26N2O4/c1-15(2)19(23-21(26)18-9-6-14-28-18)22(27)24-12-10-17(11-13-24)20(25)16-7-4-3-5-8-16/h3-9,14-15,17,19H,10-13H2,1-2H3,(H,23,26). The van der Waals surface area contributed by atoms with Crippen LogP contribution >= 0.6 is 0 Å². The minimum atomic E-state index is -0.626. The summed E-state index contributed by atoms with van der Waals surface area (Å²) in [5.41, 5.74) is 0.720. The molecule has 2 heterocycles. The van der Waals surface area contributed by atoms with E-state index in [2.05, 4.69) is 5.32 Å². The number of Topliss-reactive ketones (excluding diaryl/α,β-unsaturated/α-hetero) is 1. The molecular formula is C22H26N2O4. The van der Waals surface area contributed by atoms with Crippen LogP contribution in [0.1, 0.15) is 47.6 Å². The van der Waals surface area contributed by atoms with Crippen molar-refractivity contribution in [3.05, 3.63) is 60.1 Å². The van der Waals surface area contributed by atoms with Crippen LogP contribution in [0.2, 0.25) is 0 Å². The molecule has 1 aromatic heterocycles. The van der Waals surface area contributed by atoms with Crippen molar-refractivity contribution in [3.8, 4) is 0 Å². The van der Waals surface area contributed by atoms with Gasteiger partial charge in [0.25, 0.3) is 5.91 Å². The van der Waals surface area contributed by atoms with Gasteiger partial charge in [-0.3, -0.25) is 14.4 Å². The fourth-order valence-corrected chi connectivity index (χ4v) is 3.53. The molecule has 6 nitrogen and oxygen atoms in total. The summed E-state index contributed by atoms with van der Waals surface area (Å²) in [5, 5.41) is 2.78. The number of benzene rings is 1. The first kappa shape index (κ1) is 19.9. The second-order valence-corrected chi connectivity index (χ2v) is 7.50. The summed E-state index contributed by atoms with van der Waals surface area (Å²) >= 11 is 0. The number of furan rings is 1. The number of hydrogen-bond acceptors (Lipinski definition) is 4. The smallest absolute Gasteiger partial charge is 0.287 e. The highest BCUT2D eigenvalue weighted by atomic mass is 16.3. The highest BCUT2D eigenvalue weighted by molar-refractivity contribution is 5.98. The van der Waals surface area contributed by atoms with E-state index in [4.69, 9.17) is 4.42 Å². The van der Waals surface area contributed by atoms with Crippen LogP contribution in [-0.2, 0) is 4.79 Å². The molecule has 0 aliphatic carbocycles. The number of carbonyl (C=O) groups is 3. The van der Waals surface area contributed by atoms with Crippen LogP contribution in [0.15, 0.2) is 53.1 Å². The van der Waals surface area contributed by atoms with E-state index < -0.39 is 11.9 Å². The molecule has 1 N–H and O–H groups in total. The summed E-state index contributed by atoms with van der Waals surface area (Å²) in [7, 11) is 0. The lowest BCUT2D eigenvalue weighted by Crippen LogP contribution is -2.53. The second-order valence-electron chi connectivity index (χ2n) is 7.50. The zero-order valence-electron chi connectivity index (χ0n) is 16.3. The lowest BCUT2D eigenvalue weighted by atomic mass is 9.88. The Bertz CT molecular complexity index is 806. The quantitative estimate of drug-likeness (QED) is 0.779. The molecule has 2 aromatic rings. The molecule has 6 heteroatoms. The number of piperidine rings is 1. The van der Waals surface area contributed by atoms with Crippen molar-refractivity contribution in [2.24, 2.45) is 11.8 Å². The van der Waals surface area contributed by atoms with Crippen molar-refractivity contribution in [1.82, 2.24) is 10.2 Å². The van der Waals surface area contributed by atoms with Gasteiger partial charge in [0.1, 0.15) is 6.04 Å². The summed E-state index contributed by atoms with van der Waals surface area (Å²) in [6, 6.07) is 11.9. The molecule has 1 saturated heterocycles. The van der Waals surface area contributed by atoms with Crippen molar-refractivity contribution in [2.45, 2.75) is 32.7 Å². The minimum absolute atomic E-state index is 0.0601. The molecular weight excluding hydrogens is 356 g/mol. The lowest BCUT2D eigenvalue weighted by molar-refractivity contribution is -0.135. The van der Waals surface area contributed by atoms with Crippen LogP contribution in [0.3, 0.4) is 0 Å². The molecule has 3 rings (SSSR count). The zero-order valence-corrected chi connectivity index (χ0v) is 16.3. The fraction of sp³-hybridized carbons (Fsp3) is 0.409. The van der Waals surface area contributed by atoms with Crippen LogP contribution in [0.5, 0.6) is 0 Å². The number of nitrogens with zero attached hydrogens (tertiary/aromatic N) is 1. The van der Waals surface area contributed by atoms with E-state index in [1.165, 1.54) is 6.26 Å². The van der Waals surface area contributed by atoms with Crippen molar-refractivity contribution in [2.75, 3.05) is 13.1 Å². The Balaban J connectivity index is 1.59. The third-order valence-electron chi connectivity index (χ3n) is 5.20. The van der Waals surface area contributed by atoms with Gasteiger partial charge in [-0.05, 0) is 30.9 Å². The number of carbonyl (C=O) groups excluding carboxylic acids is 3. The van der Waals surface area contributed by atoms with E-state index >= 15 is 0 Å². The third kappa shape index (κ3) is 4.50. The Morgan fingerprint density at radius 1 is 1.04 bits per heavy atom. The molecule has 28 heavy (non-hydrogen) atoms. The maximum atomic E-state index is 13.0. The van der Waals surface area contributed by atoms with E-state index in [-0.39, 0.29) is 29.3 Å². The lowest BCUT2D eigenvalue weighted by Gasteiger charge is -2.35. The highest BCUT2D eigenvalue weighted by Gasteiger charge is 2.33. The Kier molecular flexibility index (Phi) is 6.29. The number of ketones is 1. The summed E-state index contributed by atoms with van der Waals surface area (Å²) in [4.78, 5) is 39.6. The van der Waals surface area contributed by atoms with E-state index in [1.807, 2.05) is 44.2 Å². The topological polar surface area (TPSA) is 79.6 Å². The van der Waals surface area contributed by atoms with E-state index in [0.29, 0.717) is 25.9 Å². The van der Waals surface area contributed by atoms with Gasteiger partial charge in [-0.15, -0.1) is 0 Å². The van der Waals surface area contributed by atoms with Gasteiger partial charge in [0.2, 0.25) is 5.91 Å². The molecule has 148 valence electrons. The van der Waals surface area contributed by atoms with Crippen molar-refractivity contribution < 1.29 is 18.8 Å². The molecule has 0 spiro atoms. The Hall–Kier alpha value is -2.89. The summed E-state index contributed by atoms with van der Waals surface area (Å²) in [5.74, 6) is -0.312. The van der Waals surface area contributed by atoms with E-state index in [9.17, 15) is 14.4 Å². The van der Waals surface area contributed by atoms with Crippen LogP contribution in [-0.4, -0.2) is 41.6 Å². The number of hydrogen-bond donors (Lipinski definition) is 1. The van der Waals surface area contributed by atoms with Crippen molar-refractivity contribution >= 4 is 17.6 Å². The summed E-state index contributed by atoms with van der Waals surface area (Å²) in [6.45, 7) is 4.83. The van der Waals surface area contributed by atoms with Crippen LogP contribution in [0, 0.1) is 11.8 Å². The third-order valence-corrected chi connectivity index (χ3v) is 5.20. The normalized spacial score (nSPS) is 16.0. The van der Waals surface area contributed by atoms with Crippen LogP contribution in [0.25, 0.3) is 0 Å². The molecule has 1 atom stereocenters. The van der Waals surface area contributed by atoms with E-state index in [1.54, 1.807) is 17.0 Å². The average Bonchev–Trinajstić information content (AvgIpc) is 3.26. The fourth-order valence-electron chi connectivity index (χ4n) is 3.53. The van der Waals surface area contributed by atoms with Crippen molar-refractivity contribution in [1.29, 1.82) is 0 Å². The van der Waals surface area contributed by atoms with Crippen LogP contribution < -0.4 is 5.32 Å². The van der Waals surface area contributed by atoms with Crippen LogP contribution in [0.4, 0.5) is 0 Å². The van der Waals surface area contributed by atoms with Gasteiger partial charge in [0.15, 0.2) is 11.5 Å². The van der Waals surface area contributed by atoms with Gasteiger partial charge in [-0.25, -0.2) is 0 Å². The number of likely N-dealkylation sites (tertiary alicyclic amines) is 1. The average molecular weight is 382 g/mol. The SMILES string of the molecule is CC(C)C(NC(=O)c1ccco1)C(=O)N1CCC(C(=O)c2ccccc2)CC1. The maximum Gasteiger partial charge on any atom is 0.287 e. The van der Waals surface area contributed by atoms with Gasteiger partial charge in [0, 0.05) is 24.6 Å². The molecule has 1 aliphatic rings. The largest absolute Gasteiger partial charge is 0.459 e. The van der Waals surface area contributed by atoms with Gasteiger partial charge >= 0.3 is 0 Å². The Labute approximate surface area is 164 Å². The summed E-state index contributed by atoms with van der Waals surface area (Å²) in [6.07, 6.45) is 2.70. The monoisotopic (exact) mass is 382 g/mol. The molecule has 1 aliphatic heterocycles. The summed E-state index contributed by atoms with van der Waals surface area (Å²) < 4.78 is 5.11. The number of rotatable bonds is 6. The molecule has 2 amide bonds. The maximum absolute atomic E-state index is 13.0. The van der Waals surface area contributed by atoms with Gasteiger partial charge in [0.05, 0.1) is 6.26 Å². The van der Waals surface area contributed by atoms with E-state index in [0.717, 1.165) is 5.56 Å². The minimum Gasteiger partial charge on any atom is -0.459 e. The molecule has 1 unspecified atom stereocenters. The first-order chi connectivity index (χ1) is 13.5. The first-order valence-electron chi connectivity index (χ1n) is 9.69. The predicted octanol–water partition coefficient (Wildman–Crippen LogP) is 3.16. The second kappa shape index (κ2) is 8.87. The van der Waals surface area contributed by atoms with Gasteiger partial charge in [-0.2, -0.15) is 0 Å². The zero-order chi connectivity index (χ0) is 20.1. The molecule has 1 aromatic carbocycles. The van der Waals surface area contributed by atoms with Crippen molar-refractivity contribution in [3.63, 3.8) is 0 Å². The molecule has 0 saturated carbocycles. The number of nitrogens with one attached hydrogen (secondary N) is 1. The predicted molar refractivity (Wildman–Crippen MR) is 105 cm³/mol. The molecule has 0 bridgehead atoms. The molecule has 1 fully saturated rings. The van der Waals surface area contributed by atoms with Gasteiger partial charge in [-0.1, -0.05) is 44.2 Å². The Morgan fingerprint density at radius 2 is 1.71 bits per heavy atom. The number of amides is 2. The molecule has 0 radical (unpaired) electrons. The first-order valence-corrected chi connectivity index (χ1v) is 9.69. The Morgan fingerprint density at radius 3 is 2.29 bits per heavy atom.